The maximum atomic E-state index is 7.19. The first-order valence-corrected chi connectivity index (χ1v) is 4.01. The van der Waals surface area contributed by atoms with Gasteiger partial charge in [0.05, 0.1) is 0 Å². The second-order valence-electron chi connectivity index (χ2n) is 2.40. The number of rotatable bonds is 1. The van der Waals surface area contributed by atoms with Crippen LogP contribution in [0.5, 0.6) is 0 Å². The van der Waals surface area contributed by atoms with Crippen molar-refractivity contribution in [1.82, 2.24) is 0 Å². The Morgan fingerprint density at radius 3 is 2.64 bits per heavy atom. The maximum absolute atomic E-state index is 7.19. The fourth-order valence-corrected chi connectivity index (χ4v) is 1.55. The summed E-state index contributed by atoms with van der Waals surface area (Å²) in [7, 11) is 0. The SMILES string of the molecule is Cc1ccc(C(=N)N)c(Br)c1. The van der Waals surface area contributed by atoms with Crippen molar-refractivity contribution < 1.29 is 0 Å². The lowest BCUT2D eigenvalue weighted by Gasteiger charge is -2.01. The fraction of sp³-hybridized carbons (Fsp3) is 0.125. The van der Waals surface area contributed by atoms with Crippen LogP contribution in [-0.2, 0) is 0 Å². The molecule has 0 heterocycles. The molecule has 0 unspecified atom stereocenters. The molecule has 0 aliphatic heterocycles. The number of aryl methyl sites for hydroxylation is 1. The molecule has 2 nitrogen and oxygen atoms in total. The fourth-order valence-electron chi connectivity index (χ4n) is 0.839. The van der Waals surface area contributed by atoms with Gasteiger partial charge in [-0.2, -0.15) is 0 Å². The van der Waals surface area contributed by atoms with Crippen molar-refractivity contribution in [2.75, 3.05) is 0 Å². The summed E-state index contributed by atoms with van der Waals surface area (Å²) in [6.07, 6.45) is 0. The van der Waals surface area contributed by atoms with E-state index in [-0.39, 0.29) is 5.84 Å². The van der Waals surface area contributed by atoms with Gasteiger partial charge in [0.25, 0.3) is 0 Å². The van der Waals surface area contributed by atoms with E-state index >= 15 is 0 Å². The van der Waals surface area contributed by atoms with Crippen molar-refractivity contribution in [3.05, 3.63) is 33.8 Å². The van der Waals surface area contributed by atoms with E-state index in [0.717, 1.165) is 15.6 Å². The molecule has 0 radical (unpaired) electrons. The molecule has 0 spiro atoms. The summed E-state index contributed by atoms with van der Waals surface area (Å²) in [6, 6.07) is 5.71. The van der Waals surface area contributed by atoms with Crippen molar-refractivity contribution >= 4 is 21.8 Å². The van der Waals surface area contributed by atoms with Crippen LogP contribution in [0.15, 0.2) is 22.7 Å². The van der Waals surface area contributed by atoms with Gasteiger partial charge >= 0.3 is 0 Å². The van der Waals surface area contributed by atoms with Gasteiger partial charge in [0.2, 0.25) is 0 Å². The minimum Gasteiger partial charge on any atom is -0.384 e. The number of hydrogen-bond acceptors (Lipinski definition) is 1. The number of hydrogen-bond donors (Lipinski definition) is 2. The van der Waals surface area contributed by atoms with Crippen LogP contribution in [0.4, 0.5) is 0 Å². The Balaban J connectivity index is 3.20. The molecule has 0 atom stereocenters. The minimum atomic E-state index is 0.0943. The zero-order valence-electron chi connectivity index (χ0n) is 6.19. The maximum Gasteiger partial charge on any atom is 0.123 e. The average Bonchev–Trinajstić information content (AvgIpc) is 1.85. The summed E-state index contributed by atoms with van der Waals surface area (Å²) in [5.41, 5.74) is 7.22. The zero-order valence-corrected chi connectivity index (χ0v) is 7.77. The van der Waals surface area contributed by atoms with Crippen LogP contribution < -0.4 is 5.73 Å². The summed E-state index contributed by atoms with van der Waals surface area (Å²) >= 11 is 3.33. The largest absolute Gasteiger partial charge is 0.384 e. The first-order valence-electron chi connectivity index (χ1n) is 3.22. The third-order valence-electron chi connectivity index (χ3n) is 1.41. The van der Waals surface area contributed by atoms with E-state index < -0.39 is 0 Å². The monoisotopic (exact) mass is 212 g/mol. The van der Waals surface area contributed by atoms with Crippen molar-refractivity contribution in [3.63, 3.8) is 0 Å². The molecule has 1 aromatic rings. The molecular weight excluding hydrogens is 204 g/mol. The number of benzene rings is 1. The van der Waals surface area contributed by atoms with Crippen molar-refractivity contribution in [2.24, 2.45) is 5.73 Å². The van der Waals surface area contributed by atoms with E-state index in [1.165, 1.54) is 0 Å². The molecule has 11 heavy (non-hydrogen) atoms. The van der Waals surface area contributed by atoms with Gasteiger partial charge in [-0.05, 0) is 24.6 Å². The summed E-state index contributed by atoms with van der Waals surface area (Å²) in [5.74, 6) is 0.0943. The molecule has 0 saturated carbocycles. The smallest absolute Gasteiger partial charge is 0.123 e. The number of amidine groups is 1. The highest BCUT2D eigenvalue weighted by Gasteiger charge is 2.00. The zero-order chi connectivity index (χ0) is 8.43. The van der Waals surface area contributed by atoms with E-state index in [4.69, 9.17) is 11.1 Å². The third kappa shape index (κ3) is 1.80. The van der Waals surface area contributed by atoms with Crippen LogP contribution in [0.1, 0.15) is 11.1 Å². The van der Waals surface area contributed by atoms with Crippen LogP contribution in [0.2, 0.25) is 0 Å². The molecule has 0 fully saturated rings. The molecular formula is C8H9BrN2. The van der Waals surface area contributed by atoms with Gasteiger partial charge < -0.3 is 5.73 Å². The molecule has 0 bridgehead atoms. The van der Waals surface area contributed by atoms with E-state index in [1.807, 2.05) is 25.1 Å². The van der Waals surface area contributed by atoms with E-state index in [1.54, 1.807) is 0 Å². The summed E-state index contributed by atoms with van der Waals surface area (Å²) in [6.45, 7) is 1.99. The number of nitrogens with two attached hydrogens (primary N) is 1. The van der Waals surface area contributed by atoms with E-state index in [9.17, 15) is 0 Å². The molecule has 0 aromatic heterocycles. The number of nitrogen functional groups attached to an aromatic ring is 1. The molecule has 3 heteroatoms. The Hall–Kier alpha value is -0.830. The molecule has 1 aromatic carbocycles. The quantitative estimate of drug-likeness (QED) is 0.544. The van der Waals surface area contributed by atoms with Crippen LogP contribution in [0.25, 0.3) is 0 Å². The van der Waals surface area contributed by atoms with Crippen LogP contribution in [-0.4, -0.2) is 5.84 Å². The molecule has 0 aliphatic carbocycles. The highest BCUT2D eigenvalue weighted by molar-refractivity contribution is 9.10. The molecule has 58 valence electrons. The molecule has 0 saturated heterocycles. The molecule has 3 N–H and O–H groups in total. The van der Waals surface area contributed by atoms with Gasteiger partial charge in [0, 0.05) is 10.0 Å². The van der Waals surface area contributed by atoms with Gasteiger partial charge in [0.15, 0.2) is 0 Å². The third-order valence-corrected chi connectivity index (χ3v) is 2.07. The van der Waals surface area contributed by atoms with Crippen molar-refractivity contribution in [2.45, 2.75) is 6.92 Å². The van der Waals surface area contributed by atoms with Crippen LogP contribution in [0.3, 0.4) is 0 Å². The molecule has 0 aliphatic rings. The average molecular weight is 213 g/mol. The lowest BCUT2D eigenvalue weighted by Crippen LogP contribution is -2.11. The summed E-state index contributed by atoms with van der Waals surface area (Å²) < 4.78 is 0.880. The standard InChI is InChI=1S/C8H9BrN2/c1-5-2-3-6(8(10)11)7(9)4-5/h2-4H,1H3,(H3,10,11). The Morgan fingerprint density at radius 2 is 2.18 bits per heavy atom. The Labute approximate surface area is 74.1 Å². The first-order chi connectivity index (χ1) is 5.11. The predicted octanol–water partition coefficient (Wildman–Crippen LogP) is 2.04. The lowest BCUT2D eigenvalue weighted by molar-refractivity contribution is 1.38. The van der Waals surface area contributed by atoms with E-state index in [0.29, 0.717) is 0 Å². The molecule has 0 amide bonds. The Morgan fingerprint density at radius 1 is 1.55 bits per heavy atom. The highest BCUT2D eigenvalue weighted by Crippen LogP contribution is 2.17. The van der Waals surface area contributed by atoms with Crippen LogP contribution >= 0.6 is 15.9 Å². The van der Waals surface area contributed by atoms with Crippen LogP contribution in [0, 0.1) is 12.3 Å². The van der Waals surface area contributed by atoms with Gasteiger partial charge in [-0.3, -0.25) is 5.41 Å². The van der Waals surface area contributed by atoms with Gasteiger partial charge in [-0.25, -0.2) is 0 Å². The predicted molar refractivity (Wildman–Crippen MR) is 49.9 cm³/mol. The second kappa shape index (κ2) is 3.05. The van der Waals surface area contributed by atoms with Gasteiger partial charge in [0.1, 0.15) is 5.84 Å². The summed E-state index contributed by atoms with van der Waals surface area (Å²) in [5, 5.41) is 7.19. The first kappa shape index (κ1) is 8.27. The molecule has 1 rings (SSSR count). The van der Waals surface area contributed by atoms with E-state index in [2.05, 4.69) is 15.9 Å². The minimum absolute atomic E-state index is 0.0943. The number of halogens is 1. The Kier molecular flexibility index (Phi) is 2.29. The lowest BCUT2D eigenvalue weighted by atomic mass is 10.1. The second-order valence-corrected chi connectivity index (χ2v) is 3.25. The highest BCUT2D eigenvalue weighted by atomic mass is 79.9. The number of nitrogens with one attached hydrogen (secondary N) is 1. The van der Waals surface area contributed by atoms with Gasteiger partial charge in [-0.15, -0.1) is 0 Å². The van der Waals surface area contributed by atoms with Crippen molar-refractivity contribution in [3.8, 4) is 0 Å². The Bertz CT molecular complexity index is 294. The topological polar surface area (TPSA) is 49.9 Å². The summed E-state index contributed by atoms with van der Waals surface area (Å²) in [4.78, 5) is 0. The van der Waals surface area contributed by atoms with Gasteiger partial charge in [-0.1, -0.05) is 22.0 Å². The van der Waals surface area contributed by atoms with Crippen molar-refractivity contribution in [1.29, 1.82) is 5.41 Å². The normalized spacial score (nSPS) is 9.64.